The standard InChI is InChI=1S/C23H12Cl2INO4S/c24-17-9-8-14(12-18(17)25)27-21(28)20(32-23(27)30)11-13-4-3-5-15(10-13)31-22(29)16-6-1-2-7-19(16)26/h1-12H/b20-11-. The van der Waals surface area contributed by atoms with Crippen LogP contribution in [-0.4, -0.2) is 17.1 Å². The second kappa shape index (κ2) is 9.66. The minimum Gasteiger partial charge on any atom is -0.423 e. The van der Waals surface area contributed by atoms with E-state index in [0.717, 1.165) is 20.2 Å². The molecule has 3 aromatic rings. The average molecular weight is 596 g/mol. The summed E-state index contributed by atoms with van der Waals surface area (Å²) in [6, 6.07) is 18.4. The number of halogens is 3. The molecule has 0 aliphatic carbocycles. The smallest absolute Gasteiger partial charge is 0.344 e. The Morgan fingerprint density at radius 2 is 1.75 bits per heavy atom. The second-order valence-corrected chi connectivity index (χ2v) is 9.53. The van der Waals surface area contributed by atoms with Crippen molar-refractivity contribution in [3.63, 3.8) is 0 Å². The molecular weight excluding hydrogens is 584 g/mol. The van der Waals surface area contributed by atoms with Crippen molar-refractivity contribution >= 4 is 86.4 Å². The van der Waals surface area contributed by atoms with Gasteiger partial charge in [-0.15, -0.1) is 0 Å². The lowest BCUT2D eigenvalue weighted by Crippen LogP contribution is -2.27. The number of carbonyl (C=O) groups is 3. The summed E-state index contributed by atoms with van der Waals surface area (Å²) in [5.74, 6) is -0.626. The molecule has 1 saturated heterocycles. The Labute approximate surface area is 211 Å². The van der Waals surface area contributed by atoms with Gasteiger partial charge in [-0.2, -0.15) is 0 Å². The minimum atomic E-state index is -0.480. The molecule has 0 atom stereocenters. The molecule has 1 aliphatic heterocycles. The fraction of sp³-hybridized carbons (Fsp3) is 0. The first kappa shape index (κ1) is 22.8. The second-order valence-electron chi connectivity index (χ2n) is 6.56. The molecule has 2 amide bonds. The number of hydrogen-bond acceptors (Lipinski definition) is 5. The third-order valence-electron chi connectivity index (χ3n) is 4.42. The van der Waals surface area contributed by atoms with E-state index in [9.17, 15) is 14.4 Å². The van der Waals surface area contributed by atoms with Gasteiger partial charge in [0.05, 0.1) is 26.2 Å². The van der Waals surface area contributed by atoms with Gasteiger partial charge in [-0.1, -0.05) is 47.5 Å². The predicted octanol–water partition coefficient (Wildman–Crippen LogP) is 7.06. The molecule has 1 aliphatic rings. The third-order valence-corrected chi connectivity index (χ3v) is 6.96. The zero-order chi connectivity index (χ0) is 22.8. The maximum Gasteiger partial charge on any atom is 0.344 e. The van der Waals surface area contributed by atoms with Crippen LogP contribution in [0.4, 0.5) is 10.5 Å². The largest absolute Gasteiger partial charge is 0.423 e. The molecule has 4 rings (SSSR count). The maximum atomic E-state index is 12.9. The van der Waals surface area contributed by atoms with Crippen molar-refractivity contribution in [1.29, 1.82) is 0 Å². The molecule has 160 valence electrons. The number of carbonyl (C=O) groups excluding carboxylic acids is 3. The van der Waals surface area contributed by atoms with Gasteiger partial charge in [0, 0.05) is 3.57 Å². The molecule has 0 radical (unpaired) electrons. The molecule has 32 heavy (non-hydrogen) atoms. The fourth-order valence-electron chi connectivity index (χ4n) is 2.92. The van der Waals surface area contributed by atoms with Crippen molar-refractivity contribution in [1.82, 2.24) is 0 Å². The van der Waals surface area contributed by atoms with E-state index < -0.39 is 17.1 Å². The molecule has 1 fully saturated rings. The fourth-order valence-corrected chi connectivity index (χ4v) is 4.66. The molecule has 3 aromatic carbocycles. The van der Waals surface area contributed by atoms with Crippen molar-refractivity contribution in [2.45, 2.75) is 0 Å². The van der Waals surface area contributed by atoms with E-state index in [2.05, 4.69) is 22.6 Å². The summed E-state index contributed by atoms with van der Waals surface area (Å²) >= 11 is 14.8. The Morgan fingerprint density at radius 3 is 2.50 bits per heavy atom. The van der Waals surface area contributed by atoms with Crippen LogP contribution in [0, 0.1) is 3.57 Å². The molecule has 0 saturated carbocycles. The van der Waals surface area contributed by atoms with Gasteiger partial charge in [0.1, 0.15) is 5.75 Å². The lowest BCUT2D eigenvalue weighted by molar-refractivity contribution is -0.113. The van der Waals surface area contributed by atoms with E-state index in [0.29, 0.717) is 27.6 Å². The Balaban J connectivity index is 1.56. The van der Waals surface area contributed by atoms with E-state index in [1.54, 1.807) is 48.5 Å². The number of amides is 2. The monoisotopic (exact) mass is 595 g/mol. The van der Waals surface area contributed by atoms with E-state index in [1.807, 2.05) is 12.1 Å². The normalized spacial score (nSPS) is 14.8. The van der Waals surface area contributed by atoms with Gasteiger partial charge in [-0.25, -0.2) is 9.69 Å². The average Bonchev–Trinajstić information content (AvgIpc) is 3.03. The van der Waals surface area contributed by atoms with Crippen molar-refractivity contribution in [3.8, 4) is 5.75 Å². The van der Waals surface area contributed by atoms with Gasteiger partial charge < -0.3 is 4.74 Å². The molecular formula is C23H12Cl2INO4S. The summed E-state index contributed by atoms with van der Waals surface area (Å²) in [4.78, 5) is 39.1. The first-order chi connectivity index (χ1) is 15.3. The molecule has 0 spiro atoms. The number of benzene rings is 3. The summed E-state index contributed by atoms with van der Waals surface area (Å²) in [6.07, 6.45) is 1.58. The Kier molecular flexibility index (Phi) is 6.90. The highest BCUT2D eigenvalue weighted by Crippen LogP contribution is 2.38. The van der Waals surface area contributed by atoms with E-state index in [1.165, 1.54) is 12.1 Å². The number of rotatable bonds is 4. The van der Waals surface area contributed by atoms with E-state index in [-0.39, 0.29) is 9.93 Å². The van der Waals surface area contributed by atoms with Crippen LogP contribution in [0.1, 0.15) is 15.9 Å². The van der Waals surface area contributed by atoms with Crippen LogP contribution in [0.5, 0.6) is 5.75 Å². The Bertz CT molecular complexity index is 1290. The highest BCUT2D eigenvalue weighted by atomic mass is 127. The lowest BCUT2D eigenvalue weighted by Gasteiger charge is -2.13. The number of nitrogens with zero attached hydrogens (tertiary/aromatic N) is 1. The third kappa shape index (κ3) is 4.85. The minimum absolute atomic E-state index is 0.238. The number of thioether (sulfide) groups is 1. The zero-order valence-electron chi connectivity index (χ0n) is 16.1. The molecule has 0 bridgehead atoms. The number of imide groups is 1. The lowest BCUT2D eigenvalue weighted by atomic mass is 10.2. The van der Waals surface area contributed by atoms with E-state index in [4.69, 9.17) is 27.9 Å². The molecule has 0 unspecified atom stereocenters. The van der Waals surface area contributed by atoms with Crippen molar-refractivity contribution in [2.24, 2.45) is 0 Å². The van der Waals surface area contributed by atoms with Crippen LogP contribution in [-0.2, 0) is 4.79 Å². The number of anilines is 1. The molecule has 9 heteroatoms. The first-order valence-corrected chi connectivity index (χ1v) is 11.8. The highest BCUT2D eigenvalue weighted by Gasteiger charge is 2.36. The summed E-state index contributed by atoms with van der Waals surface area (Å²) in [6.45, 7) is 0. The van der Waals surface area contributed by atoms with Gasteiger partial charge >= 0.3 is 5.97 Å². The topological polar surface area (TPSA) is 63.7 Å². The van der Waals surface area contributed by atoms with Crippen LogP contribution in [0.25, 0.3) is 6.08 Å². The Hall–Kier alpha value is -2.33. The van der Waals surface area contributed by atoms with Crippen molar-refractivity contribution in [2.75, 3.05) is 4.90 Å². The number of hydrogen-bond donors (Lipinski definition) is 0. The van der Waals surface area contributed by atoms with Gasteiger partial charge in [-0.05, 0) is 88.5 Å². The van der Waals surface area contributed by atoms with Gasteiger partial charge in [0.25, 0.3) is 11.1 Å². The van der Waals surface area contributed by atoms with Crippen LogP contribution in [0.2, 0.25) is 10.0 Å². The van der Waals surface area contributed by atoms with Crippen molar-refractivity contribution < 1.29 is 19.1 Å². The molecule has 0 aromatic heterocycles. The summed E-state index contributed by atoms with van der Waals surface area (Å²) in [7, 11) is 0. The summed E-state index contributed by atoms with van der Waals surface area (Å²) < 4.78 is 6.26. The quantitative estimate of drug-likeness (QED) is 0.140. The number of ether oxygens (including phenoxy) is 1. The predicted molar refractivity (Wildman–Crippen MR) is 135 cm³/mol. The number of esters is 1. The molecule has 0 N–H and O–H groups in total. The first-order valence-electron chi connectivity index (χ1n) is 9.13. The maximum absolute atomic E-state index is 12.9. The zero-order valence-corrected chi connectivity index (χ0v) is 20.5. The SMILES string of the molecule is O=C(Oc1cccc(/C=C2\SC(=O)N(c3ccc(Cl)c(Cl)c3)C2=O)c1)c1ccccc1I. The van der Waals surface area contributed by atoms with Crippen LogP contribution in [0.15, 0.2) is 71.6 Å². The van der Waals surface area contributed by atoms with Gasteiger partial charge in [-0.3, -0.25) is 9.59 Å². The molecule has 5 nitrogen and oxygen atoms in total. The van der Waals surface area contributed by atoms with E-state index >= 15 is 0 Å². The summed E-state index contributed by atoms with van der Waals surface area (Å²) in [5.41, 5.74) is 1.41. The van der Waals surface area contributed by atoms with Gasteiger partial charge in [0.15, 0.2) is 0 Å². The van der Waals surface area contributed by atoms with Crippen molar-refractivity contribution in [3.05, 3.63) is 96.4 Å². The van der Waals surface area contributed by atoms with Crippen LogP contribution in [0.3, 0.4) is 0 Å². The summed E-state index contributed by atoms with van der Waals surface area (Å²) in [5, 5.41) is 0.130. The molecule has 1 heterocycles. The Morgan fingerprint density at radius 1 is 0.969 bits per heavy atom. The van der Waals surface area contributed by atoms with Gasteiger partial charge in [0.2, 0.25) is 0 Å². The van der Waals surface area contributed by atoms with Crippen LogP contribution >= 0.6 is 57.6 Å². The highest BCUT2D eigenvalue weighted by molar-refractivity contribution is 14.1. The van der Waals surface area contributed by atoms with Crippen LogP contribution < -0.4 is 9.64 Å².